The predicted molar refractivity (Wildman–Crippen MR) is 183 cm³/mol. The normalized spacial score (nSPS) is 10.9. The number of amides is 4. The van der Waals surface area contributed by atoms with Crippen molar-refractivity contribution in [1.82, 2.24) is 21.3 Å². The van der Waals surface area contributed by atoms with Gasteiger partial charge in [-0.05, 0) is 62.1 Å². The molecule has 0 bridgehead atoms. The van der Waals surface area contributed by atoms with Crippen molar-refractivity contribution in [2.75, 3.05) is 52.4 Å². The number of unbranched alkanes of at least 4 members (excludes halogenated alkanes) is 2. The number of carbonyl (C=O) groups is 5. The van der Waals surface area contributed by atoms with E-state index >= 15 is 0 Å². The van der Waals surface area contributed by atoms with Crippen molar-refractivity contribution in [1.29, 1.82) is 0 Å². The van der Waals surface area contributed by atoms with Crippen LogP contribution in [0.2, 0.25) is 0 Å². The van der Waals surface area contributed by atoms with Gasteiger partial charge in [-0.1, -0.05) is 0 Å². The van der Waals surface area contributed by atoms with E-state index in [-0.39, 0.29) is 76.1 Å². The Labute approximate surface area is 312 Å². The van der Waals surface area contributed by atoms with E-state index in [2.05, 4.69) is 31.9 Å². The molecule has 0 radical (unpaired) electrons. The fourth-order valence-corrected chi connectivity index (χ4v) is 4.87. The average molecular weight is 777 g/mol. The van der Waals surface area contributed by atoms with E-state index in [0.29, 0.717) is 38.8 Å². The largest absolute Gasteiger partial charge is 0.504 e. The molecule has 0 spiro atoms. The molecule has 14 N–H and O–H groups in total. The average Bonchev–Trinajstić information content (AvgIpc) is 3.08. The number of phenolic OH excluding ortho intramolecular Hbond substituents is 4. The summed E-state index contributed by atoms with van der Waals surface area (Å²) in [5, 5.41) is 72.4. The first kappa shape index (κ1) is 45.4. The summed E-state index contributed by atoms with van der Waals surface area (Å²) in [6.07, 6.45) is 2.65. The number of carboxylic acids is 1. The number of nitrogens with one attached hydrogen (secondary N) is 4. The molecule has 0 saturated heterocycles. The number of hydrogen-bond donors (Lipinski definition) is 12. The Kier molecular flexibility index (Phi) is 21.4. The van der Waals surface area contributed by atoms with Crippen LogP contribution in [0, 0.1) is 0 Å². The topological polar surface area (TPSA) is 288 Å². The molecule has 17 nitrogen and oxygen atoms in total. The van der Waals surface area contributed by atoms with Crippen molar-refractivity contribution in [3.05, 3.63) is 47.5 Å². The molecule has 0 aliphatic heterocycles. The first-order valence-corrected chi connectivity index (χ1v) is 17.0. The minimum Gasteiger partial charge on any atom is -0.504 e. The third-order valence-corrected chi connectivity index (χ3v) is 7.83. The summed E-state index contributed by atoms with van der Waals surface area (Å²) >= 11 is 0. The van der Waals surface area contributed by atoms with Crippen molar-refractivity contribution in [3.8, 4) is 23.0 Å². The maximum Gasteiger partial charge on any atom is 0.336 e. The van der Waals surface area contributed by atoms with Gasteiger partial charge in [0.15, 0.2) is 28.6 Å². The van der Waals surface area contributed by atoms with Gasteiger partial charge in [-0.3, -0.25) is 19.2 Å². The summed E-state index contributed by atoms with van der Waals surface area (Å²) in [4.78, 5) is 60.5. The second-order valence-corrected chi connectivity index (χ2v) is 12.2. The van der Waals surface area contributed by atoms with Gasteiger partial charge in [-0.25, -0.2) is 4.79 Å². The molecule has 2 aromatic rings. The Bertz CT molecular complexity index is 1370. The van der Waals surface area contributed by atoms with Gasteiger partial charge >= 0.3 is 5.97 Å². The Balaban J connectivity index is 0.0000135. The molecule has 0 aliphatic carbocycles. The van der Waals surface area contributed by atoms with Crippen molar-refractivity contribution in [2.24, 2.45) is 0 Å². The number of phenols is 4. The Hall–Kier alpha value is -4.61. The molecule has 2 aromatic carbocycles. The van der Waals surface area contributed by atoms with E-state index in [1.807, 2.05) is 0 Å². The van der Waals surface area contributed by atoms with Crippen LogP contribution < -0.4 is 31.9 Å². The van der Waals surface area contributed by atoms with Crippen LogP contribution in [0.3, 0.4) is 0 Å². The number of carbonyl (C=O) groups excluding carboxylic acids is 4. The maximum absolute atomic E-state index is 12.3. The van der Waals surface area contributed by atoms with Crippen LogP contribution in [0.5, 0.6) is 23.0 Å². The second-order valence-electron chi connectivity index (χ2n) is 12.2. The zero-order valence-electron chi connectivity index (χ0n) is 29.0. The number of benzene rings is 2. The Morgan fingerprint density at radius 2 is 0.904 bits per heavy atom. The third kappa shape index (κ3) is 17.5. The van der Waals surface area contributed by atoms with E-state index < -0.39 is 36.2 Å². The van der Waals surface area contributed by atoms with Gasteiger partial charge in [0.25, 0.3) is 11.8 Å². The van der Waals surface area contributed by atoms with Crippen LogP contribution in [-0.4, -0.2) is 118 Å². The van der Waals surface area contributed by atoms with E-state index in [1.54, 1.807) is 0 Å². The fourth-order valence-electron chi connectivity index (χ4n) is 4.87. The van der Waals surface area contributed by atoms with Crippen LogP contribution in [0.4, 0.5) is 0 Å². The molecule has 0 fully saturated rings. The van der Waals surface area contributed by atoms with Gasteiger partial charge in [-0.2, -0.15) is 0 Å². The van der Waals surface area contributed by atoms with Crippen LogP contribution in [0.25, 0.3) is 0 Å². The van der Waals surface area contributed by atoms with Gasteiger partial charge in [0, 0.05) is 67.2 Å². The van der Waals surface area contributed by atoms with Crippen molar-refractivity contribution in [2.45, 2.75) is 57.0 Å². The number of nitrogens with two attached hydrogens (primary N) is 2. The van der Waals surface area contributed by atoms with Gasteiger partial charge in [-0.15, -0.1) is 0 Å². The van der Waals surface area contributed by atoms with Gasteiger partial charge in [0.05, 0.1) is 39.0 Å². The SMILES string of the molecule is O=C(CC(O)(CC(=O)NCCCC[NH2+]CCCNC(=O)c1ccc(O)c(O)c1)C(=O)O)NCCCC[NH2+]CCCNC(=O)c1ccc(O)c(O)c1.[Fe]. The van der Waals surface area contributed by atoms with Crippen molar-refractivity contribution in [3.63, 3.8) is 0 Å². The molecule has 2 rings (SSSR count). The van der Waals surface area contributed by atoms with E-state index in [1.165, 1.54) is 36.4 Å². The first-order valence-electron chi connectivity index (χ1n) is 17.0. The second kappa shape index (κ2) is 24.6. The van der Waals surface area contributed by atoms with E-state index in [9.17, 15) is 54.6 Å². The summed E-state index contributed by atoms with van der Waals surface area (Å²) in [5.74, 6) is -5.06. The van der Waals surface area contributed by atoms with E-state index in [4.69, 9.17) is 0 Å². The summed E-state index contributed by atoms with van der Waals surface area (Å²) < 4.78 is 0. The molecular formula is C34H52FeN6O11+2. The molecule has 0 unspecified atom stereocenters. The first-order chi connectivity index (χ1) is 24.3. The number of hydrogen-bond acceptors (Lipinski definition) is 10. The summed E-state index contributed by atoms with van der Waals surface area (Å²) in [6.45, 7) is 4.45. The van der Waals surface area contributed by atoms with E-state index in [0.717, 1.165) is 39.0 Å². The summed E-state index contributed by atoms with van der Waals surface area (Å²) in [6, 6.07) is 7.68. The molecule has 18 heteroatoms. The van der Waals surface area contributed by atoms with Gasteiger partial charge < -0.3 is 62.5 Å². The van der Waals surface area contributed by atoms with Crippen molar-refractivity contribution >= 4 is 29.6 Å². The van der Waals surface area contributed by atoms with Crippen LogP contribution in [-0.2, 0) is 31.5 Å². The maximum atomic E-state index is 12.3. The zero-order valence-corrected chi connectivity index (χ0v) is 30.1. The zero-order chi connectivity index (χ0) is 37.6. The molecule has 0 heterocycles. The quantitative estimate of drug-likeness (QED) is 0.0297. The Morgan fingerprint density at radius 1 is 0.538 bits per heavy atom. The van der Waals surface area contributed by atoms with Gasteiger partial charge in [0.2, 0.25) is 11.8 Å². The van der Waals surface area contributed by atoms with Crippen LogP contribution in [0.1, 0.15) is 72.1 Å². The number of aliphatic hydroxyl groups is 1. The minimum absolute atomic E-state index is 0. The van der Waals surface area contributed by atoms with Crippen LogP contribution >= 0.6 is 0 Å². The molecule has 52 heavy (non-hydrogen) atoms. The standard InChI is InChI=1S/C34H50N6O11.Fe/c41-25-9-7-23(19-27(25)43)31(47)39-17-5-13-35-11-1-3-15-37-29(45)21-34(51,33(49)50)22-30(46)38-16-4-2-12-36-14-6-18-40-32(48)24-8-10-26(42)28(44)20-24;/h7-10,19-20,35-36,41-44,51H,1-6,11-18,21-22H2,(H,37,45)(H,38,46)(H,39,47)(H,40,48)(H,49,50);/p+2. The monoisotopic (exact) mass is 776 g/mol. The predicted octanol–water partition coefficient (Wildman–Crippen LogP) is -2.04. The number of rotatable bonds is 25. The molecular weight excluding hydrogens is 724 g/mol. The summed E-state index contributed by atoms with van der Waals surface area (Å²) in [7, 11) is 0. The molecule has 0 saturated carbocycles. The number of carboxylic acid groups (broad SMARTS) is 1. The number of quaternary nitrogens is 2. The molecule has 4 amide bonds. The third-order valence-electron chi connectivity index (χ3n) is 7.83. The molecule has 0 aliphatic rings. The fraction of sp³-hybridized carbons (Fsp3) is 0.500. The smallest absolute Gasteiger partial charge is 0.336 e. The molecule has 0 aromatic heterocycles. The van der Waals surface area contributed by atoms with Crippen LogP contribution in [0.15, 0.2) is 36.4 Å². The number of aliphatic carboxylic acids is 1. The molecule has 290 valence electrons. The Morgan fingerprint density at radius 3 is 1.27 bits per heavy atom. The molecule has 0 atom stereocenters. The number of aromatic hydroxyl groups is 4. The van der Waals surface area contributed by atoms with Crippen molar-refractivity contribution < 1.29 is 82.3 Å². The minimum atomic E-state index is -2.54. The van der Waals surface area contributed by atoms with Gasteiger partial charge in [0.1, 0.15) is 0 Å². The summed E-state index contributed by atoms with van der Waals surface area (Å²) in [5.41, 5.74) is -2.05.